The second-order valence-corrected chi connectivity index (χ2v) is 7.98. The van der Waals surface area contributed by atoms with Gasteiger partial charge in [-0.2, -0.15) is 10.5 Å². The van der Waals surface area contributed by atoms with Crippen LogP contribution in [-0.4, -0.2) is 19.5 Å². The number of nitriles is 2. The summed E-state index contributed by atoms with van der Waals surface area (Å²) in [4.78, 5) is 13.7. The summed E-state index contributed by atoms with van der Waals surface area (Å²) in [5, 5.41) is 19.6. The summed E-state index contributed by atoms with van der Waals surface area (Å²) >= 11 is 1.51. The number of nitrogen functional groups attached to an aromatic ring is 1. The molecule has 0 atom stereocenters. The maximum Gasteiger partial charge on any atom is 0.179 e. The summed E-state index contributed by atoms with van der Waals surface area (Å²) in [5.74, 6) is 0.476. The van der Waals surface area contributed by atoms with Gasteiger partial charge < -0.3 is 10.3 Å². The standard InChI is InChI=1S/C23H15N7S/c24-12-16-17(13-25)28-22-20(27-16)19(23-29-15-8-4-5-9-18(15)31-23)21(26)30(22)11-10-14-6-2-1-3-7-14/h1-9H,10-11,26H2. The first kappa shape index (κ1) is 18.7. The van der Waals surface area contributed by atoms with Crippen molar-refractivity contribution in [3.05, 3.63) is 71.5 Å². The Labute approximate surface area is 181 Å². The Balaban J connectivity index is 1.73. The van der Waals surface area contributed by atoms with Gasteiger partial charge in [0.1, 0.15) is 28.5 Å². The number of hydrogen-bond donors (Lipinski definition) is 1. The van der Waals surface area contributed by atoms with Gasteiger partial charge in [-0.3, -0.25) is 0 Å². The van der Waals surface area contributed by atoms with Gasteiger partial charge in [0.2, 0.25) is 0 Å². The van der Waals surface area contributed by atoms with Crippen LogP contribution in [0.5, 0.6) is 0 Å². The zero-order chi connectivity index (χ0) is 21.4. The van der Waals surface area contributed by atoms with E-state index >= 15 is 0 Å². The number of thiazole rings is 1. The van der Waals surface area contributed by atoms with Crippen LogP contribution in [-0.2, 0) is 13.0 Å². The molecule has 0 spiro atoms. The Hall–Kier alpha value is -4.27. The van der Waals surface area contributed by atoms with Crippen molar-refractivity contribution in [3.8, 4) is 22.7 Å². The van der Waals surface area contributed by atoms with Crippen LogP contribution >= 0.6 is 11.3 Å². The molecule has 7 nitrogen and oxygen atoms in total. The molecule has 0 aliphatic carbocycles. The van der Waals surface area contributed by atoms with Crippen LogP contribution in [0.1, 0.15) is 17.0 Å². The molecule has 0 unspecified atom stereocenters. The fourth-order valence-electron chi connectivity index (χ4n) is 3.61. The molecule has 0 saturated carbocycles. The molecule has 2 aromatic carbocycles. The van der Waals surface area contributed by atoms with Crippen LogP contribution in [0.15, 0.2) is 54.6 Å². The number of aryl methyl sites for hydroxylation is 2. The summed E-state index contributed by atoms with van der Waals surface area (Å²) in [6.07, 6.45) is 0.734. The first-order valence-electron chi connectivity index (χ1n) is 9.59. The second kappa shape index (κ2) is 7.52. The average molecular weight is 421 g/mol. The van der Waals surface area contributed by atoms with Crippen molar-refractivity contribution in [2.75, 3.05) is 5.73 Å². The molecule has 31 heavy (non-hydrogen) atoms. The molecule has 0 aliphatic rings. The third-order valence-corrected chi connectivity index (χ3v) is 6.16. The summed E-state index contributed by atoms with van der Waals surface area (Å²) < 4.78 is 2.89. The topological polar surface area (TPSA) is 117 Å². The van der Waals surface area contributed by atoms with Gasteiger partial charge in [0.15, 0.2) is 17.0 Å². The lowest BCUT2D eigenvalue weighted by molar-refractivity contribution is 0.724. The molecule has 0 saturated heterocycles. The first-order valence-corrected chi connectivity index (χ1v) is 10.4. The van der Waals surface area contributed by atoms with Gasteiger partial charge in [0.25, 0.3) is 0 Å². The largest absolute Gasteiger partial charge is 0.384 e. The van der Waals surface area contributed by atoms with Gasteiger partial charge in [0.05, 0.1) is 15.8 Å². The van der Waals surface area contributed by atoms with E-state index < -0.39 is 0 Å². The van der Waals surface area contributed by atoms with Crippen LogP contribution in [0.4, 0.5) is 5.82 Å². The van der Waals surface area contributed by atoms with Crippen LogP contribution in [0.2, 0.25) is 0 Å². The average Bonchev–Trinajstić information content (AvgIpc) is 3.34. The number of aromatic nitrogens is 4. The second-order valence-electron chi connectivity index (χ2n) is 6.95. The number of hydrogen-bond acceptors (Lipinski definition) is 7. The van der Waals surface area contributed by atoms with E-state index in [0.717, 1.165) is 22.2 Å². The minimum absolute atomic E-state index is 0.00990. The monoisotopic (exact) mass is 421 g/mol. The predicted molar refractivity (Wildman–Crippen MR) is 120 cm³/mol. The lowest BCUT2D eigenvalue weighted by atomic mass is 10.1. The van der Waals surface area contributed by atoms with E-state index in [2.05, 4.69) is 22.1 Å². The van der Waals surface area contributed by atoms with Gasteiger partial charge in [-0.05, 0) is 24.1 Å². The molecule has 0 aliphatic heterocycles. The minimum Gasteiger partial charge on any atom is -0.384 e. The molecule has 5 aromatic rings. The lowest BCUT2D eigenvalue weighted by Crippen LogP contribution is -2.07. The smallest absolute Gasteiger partial charge is 0.179 e. The SMILES string of the molecule is N#Cc1nc2c(-c3nc4ccccc4s3)c(N)n(CCc3ccccc3)c2nc1C#N. The van der Waals surface area contributed by atoms with Gasteiger partial charge in [0, 0.05) is 6.54 Å². The van der Waals surface area contributed by atoms with E-state index in [1.807, 2.05) is 59.2 Å². The first-order chi connectivity index (χ1) is 15.2. The molecule has 2 N–H and O–H groups in total. The van der Waals surface area contributed by atoms with Crippen molar-refractivity contribution < 1.29 is 0 Å². The van der Waals surface area contributed by atoms with Gasteiger partial charge in [-0.15, -0.1) is 11.3 Å². The van der Waals surface area contributed by atoms with Gasteiger partial charge in [-0.1, -0.05) is 42.5 Å². The minimum atomic E-state index is -0.0161. The Morgan fingerprint density at radius 3 is 2.35 bits per heavy atom. The van der Waals surface area contributed by atoms with Crippen LogP contribution in [0.3, 0.4) is 0 Å². The lowest BCUT2D eigenvalue weighted by Gasteiger charge is -2.08. The van der Waals surface area contributed by atoms with E-state index in [9.17, 15) is 10.5 Å². The summed E-state index contributed by atoms with van der Waals surface area (Å²) in [6.45, 7) is 0.558. The quantitative estimate of drug-likeness (QED) is 0.463. The highest BCUT2D eigenvalue weighted by Gasteiger charge is 2.24. The van der Waals surface area contributed by atoms with E-state index in [0.29, 0.717) is 34.1 Å². The van der Waals surface area contributed by atoms with Gasteiger partial charge >= 0.3 is 0 Å². The number of para-hydroxylation sites is 1. The molecule has 5 rings (SSSR count). The summed E-state index contributed by atoms with van der Waals surface area (Å²) in [7, 11) is 0. The molecular weight excluding hydrogens is 406 g/mol. The van der Waals surface area contributed by atoms with Crippen molar-refractivity contribution >= 4 is 38.5 Å². The van der Waals surface area contributed by atoms with Crippen LogP contribution in [0, 0.1) is 22.7 Å². The fraction of sp³-hybridized carbons (Fsp3) is 0.0870. The zero-order valence-corrected chi connectivity index (χ0v) is 17.1. The fourth-order valence-corrected chi connectivity index (χ4v) is 4.63. The van der Waals surface area contributed by atoms with Crippen molar-refractivity contribution in [3.63, 3.8) is 0 Å². The third kappa shape index (κ3) is 3.16. The van der Waals surface area contributed by atoms with Crippen molar-refractivity contribution in [2.45, 2.75) is 13.0 Å². The molecular formula is C23H15N7S. The zero-order valence-electron chi connectivity index (χ0n) is 16.3. The van der Waals surface area contributed by atoms with Crippen LogP contribution < -0.4 is 5.73 Å². The molecule has 0 amide bonds. The van der Waals surface area contributed by atoms with Crippen molar-refractivity contribution in [2.24, 2.45) is 0 Å². The van der Waals surface area contributed by atoms with Gasteiger partial charge in [-0.25, -0.2) is 15.0 Å². The highest BCUT2D eigenvalue weighted by Crippen LogP contribution is 2.39. The van der Waals surface area contributed by atoms with E-state index in [1.54, 1.807) is 0 Å². The summed E-state index contributed by atoms with van der Waals surface area (Å²) in [6, 6.07) is 21.8. The van der Waals surface area contributed by atoms with E-state index in [4.69, 9.17) is 10.7 Å². The Morgan fingerprint density at radius 1 is 0.903 bits per heavy atom. The highest BCUT2D eigenvalue weighted by atomic mass is 32.1. The third-order valence-electron chi connectivity index (χ3n) is 5.10. The molecule has 148 valence electrons. The number of anilines is 1. The van der Waals surface area contributed by atoms with E-state index in [1.165, 1.54) is 11.3 Å². The molecule has 8 heteroatoms. The Morgan fingerprint density at radius 2 is 1.61 bits per heavy atom. The van der Waals surface area contributed by atoms with Crippen LogP contribution in [0.25, 0.3) is 32.0 Å². The number of nitrogens with zero attached hydrogens (tertiary/aromatic N) is 6. The van der Waals surface area contributed by atoms with Crippen molar-refractivity contribution in [1.29, 1.82) is 10.5 Å². The number of rotatable bonds is 4. The van der Waals surface area contributed by atoms with E-state index in [-0.39, 0.29) is 11.4 Å². The molecule has 0 fully saturated rings. The Kier molecular flexibility index (Phi) is 4.55. The molecule has 3 heterocycles. The molecule has 0 radical (unpaired) electrons. The number of benzene rings is 2. The normalized spacial score (nSPS) is 10.9. The van der Waals surface area contributed by atoms with Crippen molar-refractivity contribution in [1.82, 2.24) is 19.5 Å². The molecule has 0 bridgehead atoms. The predicted octanol–water partition coefficient (Wildman–Crippen LogP) is 4.28. The summed E-state index contributed by atoms with van der Waals surface area (Å²) in [5.41, 5.74) is 10.2. The Bertz CT molecular complexity index is 1480. The number of nitrogens with two attached hydrogens (primary N) is 1. The highest BCUT2D eigenvalue weighted by molar-refractivity contribution is 7.21. The maximum atomic E-state index is 9.46. The number of fused-ring (bicyclic) bond motifs is 2. The molecule has 3 aromatic heterocycles. The maximum absolute atomic E-state index is 9.46.